The molecule has 0 aromatic carbocycles. The largest absolute Gasteiger partial charge is 0.378 e. The highest BCUT2D eigenvalue weighted by Crippen LogP contribution is 2.17. The fourth-order valence-corrected chi connectivity index (χ4v) is 2.06. The van der Waals surface area contributed by atoms with E-state index in [1.165, 1.54) is 10.7 Å². The number of hydrogen-bond acceptors (Lipinski definition) is 4. The molecule has 1 saturated heterocycles. The van der Waals surface area contributed by atoms with Crippen molar-refractivity contribution in [2.24, 2.45) is 4.99 Å². The zero-order valence-electron chi connectivity index (χ0n) is 8.98. The molecule has 0 bridgehead atoms. The molecule has 0 aromatic rings. The van der Waals surface area contributed by atoms with E-state index >= 15 is 0 Å². The van der Waals surface area contributed by atoms with Crippen LogP contribution < -0.4 is 0 Å². The van der Waals surface area contributed by atoms with Crippen LogP contribution in [0.5, 0.6) is 0 Å². The van der Waals surface area contributed by atoms with E-state index in [9.17, 15) is 0 Å². The quantitative estimate of drug-likeness (QED) is 0.680. The number of allylic oxidation sites excluding steroid dienone is 1. The van der Waals surface area contributed by atoms with Crippen molar-refractivity contribution in [3.05, 3.63) is 23.3 Å². The summed E-state index contributed by atoms with van der Waals surface area (Å²) in [5, 5.41) is 0. The molecule has 0 aromatic heterocycles. The summed E-state index contributed by atoms with van der Waals surface area (Å²) in [4.78, 5) is 8.07. The van der Waals surface area contributed by atoms with E-state index in [2.05, 4.69) is 28.3 Å². The second kappa shape index (κ2) is 5.37. The first-order valence-electron chi connectivity index (χ1n) is 5.20. The Kier molecular flexibility index (Phi) is 3.86. The average Bonchev–Trinajstić information content (AvgIpc) is 2.55. The average molecular weight is 224 g/mol. The van der Waals surface area contributed by atoms with Gasteiger partial charge >= 0.3 is 0 Å². The number of rotatable bonds is 1. The van der Waals surface area contributed by atoms with Crippen LogP contribution in [0.3, 0.4) is 0 Å². The van der Waals surface area contributed by atoms with Crippen LogP contribution >= 0.6 is 11.8 Å². The highest BCUT2D eigenvalue weighted by Gasteiger charge is 2.14. The highest BCUT2D eigenvalue weighted by atomic mass is 32.2. The van der Waals surface area contributed by atoms with Crippen LogP contribution in [-0.2, 0) is 4.74 Å². The Bertz CT molecular complexity index is 304. The van der Waals surface area contributed by atoms with Crippen molar-refractivity contribution in [1.82, 2.24) is 4.90 Å². The lowest BCUT2D eigenvalue weighted by Crippen LogP contribution is -2.40. The van der Waals surface area contributed by atoms with Crippen molar-refractivity contribution in [3.8, 4) is 0 Å². The van der Waals surface area contributed by atoms with Gasteiger partial charge in [-0.05, 0) is 6.26 Å². The van der Waals surface area contributed by atoms with E-state index in [0.717, 1.165) is 32.7 Å². The van der Waals surface area contributed by atoms with Gasteiger partial charge in [-0.2, -0.15) is 0 Å². The minimum atomic E-state index is 0.821. The molecule has 2 aliphatic rings. The Balaban J connectivity index is 2.05. The third-order valence-corrected chi connectivity index (χ3v) is 3.25. The topological polar surface area (TPSA) is 24.8 Å². The zero-order valence-corrected chi connectivity index (χ0v) is 9.80. The molecule has 2 rings (SSSR count). The van der Waals surface area contributed by atoms with Crippen LogP contribution in [0.1, 0.15) is 6.42 Å². The van der Waals surface area contributed by atoms with Gasteiger partial charge in [-0.1, -0.05) is 12.2 Å². The maximum Gasteiger partial charge on any atom is 0.108 e. The monoisotopic (exact) mass is 224 g/mol. The maximum absolute atomic E-state index is 5.33. The Labute approximate surface area is 94.9 Å². The SMILES string of the molecule is CSC1=CN=C(N2CCOCC2)CC=C1. The summed E-state index contributed by atoms with van der Waals surface area (Å²) in [5.41, 5.74) is 0. The summed E-state index contributed by atoms with van der Waals surface area (Å²) in [5.74, 6) is 1.17. The number of morpholine rings is 1. The number of thioether (sulfide) groups is 1. The van der Waals surface area contributed by atoms with Crippen LogP contribution in [0.25, 0.3) is 0 Å². The van der Waals surface area contributed by atoms with Crippen molar-refractivity contribution >= 4 is 17.6 Å². The highest BCUT2D eigenvalue weighted by molar-refractivity contribution is 8.02. The van der Waals surface area contributed by atoms with Crippen LogP contribution in [0.4, 0.5) is 0 Å². The molecule has 1 fully saturated rings. The molecule has 0 aliphatic carbocycles. The first-order chi connectivity index (χ1) is 7.40. The predicted molar refractivity (Wildman–Crippen MR) is 65.2 cm³/mol. The van der Waals surface area contributed by atoms with Crippen molar-refractivity contribution in [2.75, 3.05) is 32.6 Å². The Morgan fingerprint density at radius 1 is 1.40 bits per heavy atom. The molecule has 0 N–H and O–H groups in total. The number of ether oxygens (including phenoxy) is 1. The summed E-state index contributed by atoms with van der Waals surface area (Å²) >= 11 is 1.73. The predicted octanol–water partition coefficient (Wildman–Crippen LogP) is 1.88. The van der Waals surface area contributed by atoms with Crippen molar-refractivity contribution in [1.29, 1.82) is 0 Å². The van der Waals surface area contributed by atoms with E-state index in [1.54, 1.807) is 11.8 Å². The van der Waals surface area contributed by atoms with Gasteiger partial charge in [0.1, 0.15) is 5.84 Å². The van der Waals surface area contributed by atoms with Gasteiger partial charge in [-0.15, -0.1) is 11.8 Å². The molecule has 0 amide bonds. The van der Waals surface area contributed by atoms with Gasteiger partial charge in [0.25, 0.3) is 0 Å². The Hall–Kier alpha value is -0.740. The number of amidine groups is 1. The third kappa shape index (κ3) is 2.86. The first kappa shape index (κ1) is 10.8. The summed E-state index contributed by atoms with van der Waals surface area (Å²) in [6.07, 6.45) is 9.29. The van der Waals surface area contributed by atoms with Crippen molar-refractivity contribution in [2.45, 2.75) is 6.42 Å². The summed E-state index contributed by atoms with van der Waals surface area (Å²) < 4.78 is 5.33. The second-order valence-corrected chi connectivity index (χ2v) is 4.37. The molecule has 4 heteroatoms. The molecule has 3 nitrogen and oxygen atoms in total. The standard InChI is InChI=1S/C11H16N2OS/c1-15-10-3-2-4-11(12-9-10)13-5-7-14-8-6-13/h2-3,9H,4-8H2,1H3. The normalized spacial score (nSPS) is 22.1. The van der Waals surface area contributed by atoms with E-state index in [4.69, 9.17) is 4.74 Å². The zero-order chi connectivity index (χ0) is 10.5. The smallest absolute Gasteiger partial charge is 0.108 e. The minimum absolute atomic E-state index is 0.821. The van der Waals surface area contributed by atoms with E-state index in [-0.39, 0.29) is 0 Å². The van der Waals surface area contributed by atoms with Gasteiger partial charge in [-0.3, -0.25) is 0 Å². The van der Waals surface area contributed by atoms with Gasteiger partial charge in [0.05, 0.1) is 13.2 Å². The number of hydrogen-bond donors (Lipinski definition) is 0. The van der Waals surface area contributed by atoms with Gasteiger partial charge in [0.15, 0.2) is 0 Å². The summed E-state index contributed by atoms with van der Waals surface area (Å²) in [6, 6.07) is 0. The van der Waals surface area contributed by atoms with Gasteiger partial charge in [0.2, 0.25) is 0 Å². The second-order valence-electron chi connectivity index (χ2n) is 3.49. The number of aliphatic imine (C=N–C) groups is 1. The lowest BCUT2D eigenvalue weighted by atomic mass is 10.3. The van der Waals surface area contributed by atoms with Crippen molar-refractivity contribution < 1.29 is 4.74 Å². The summed E-state index contributed by atoms with van der Waals surface area (Å²) in [7, 11) is 0. The molecule has 0 atom stereocenters. The third-order valence-electron chi connectivity index (χ3n) is 2.54. The lowest BCUT2D eigenvalue weighted by Gasteiger charge is -2.29. The molecule has 0 radical (unpaired) electrons. The van der Waals surface area contributed by atoms with Gasteiger partial charge in [0, 0.05) is 30.6 Å². The lowest BCUT2D eigenvalue weighted by molar-refractivity contribution is 0.0675. The van der Waals surface area contributed by atoms with Crippen LogP contribution in [0, 0.1) is 0 Å². The molecule has 15 heavy (non-hydrogen) atoms. The van der Waals surface area contributed by atoms with E-state index in [1.807, 2.05) is 6.20 Å². The molecule has 0 spiro atoms. The van der Waals surface area contributed by atoms with E-state index in [0.29, 0.717) is 0 Å². The molecule has 0 unspecified atom stereocenters. The fourth-order valence-electron chi connectivity index (χ4n) is 1.67. The first-order valence-corrected chi connectivity index (χ1v) is 6.42. The maximum atomic E-state index is 5.33. The molecular weight excluding hydrogens is 208 g/mol. The number of nitrogens with zero attached hydrogens (tertiary/aromatic N) is 2. The molecular formula is C11H16N2OS. The molecule has 2 heterocycles. The summed E-state index contributed by atoms with van der Waals surface area (Å²) in [6.45, 7) is 3.58. The molecule has 82 valence electrons. The fraction of sp³-hybridized carbons (Fsp3) is 0.545. The van der Waals surface area contributed by atoms with Gasteiger partial charge < -0.3 is 9.64 Å². The van der Waals surface area contributed by atoms with Crippen LogP contribution in [-0.4, -0.2) is 43.3 Å². The Morgan fingerprint density at radius 3 is 2.93 bits per heavy atom. The van der Waals surface area contributed by atoms with Crippen molar-refractivity contribution in [3.63, 3.8) is 0 Å². The van der Waals surface area contributed by atoms with Crippen LogP contribution in [0.15, 0.2) is 28.2 Å². The molecule has 0 saturated carbocycles. The van der Waals surface area contributed by atoms with E-state index < -0.39 is 0 Å². The van der Waals surface area contributed by atoms with Gasteiger partial charge in [-0.25, -0.2) is 4.99 Å². The Morgan fingerprint density at radius 2 is 2.20 bits per heavy atom. The molecule has 2 aliphatic heterocycles. The minimum Gasteiger partial charge on any atom is -0.378 e. The van der Waals surface area contributed by atoms with Crippen LogP contribution in [0.2, 0.25) is 0 Å².